The average molecular weight is 244 g/mol. The molecular formula is C11H8N4O3. The molecule has 18 heavy (non-hydrogen) atoms. The Bertz CT molecular complexity index is 722. The molecule has 7 heteroatoms. The molecule has 0 saturated carbocycles. The van der Waals surface area contributed by atoms with Crippen LogP contribution in [-0.4, -0.2) is 22.0 Å². The summed E-state index contributed by atoms with van der Waals surface area (Å²) < 4.78 is 0. The Hall–Kier alpha value is -2.70. The number of hydrogen-bond acceptors (Lipinski definition) is 4. The number of carbonyl (C=O) groups excluding carboxylic acids is 2. The Kier molecular flexibility index (Phi) is 2.12. The van der Waals surface area contributed by atoms with Crippen molar-refractivity contribution >= 4 is 28.4 Å². The minimum absolute atomic E-state index is 0.213. The lowest BCUT2D eigenvalue weighted by Gasteiger charge is -2.15. The van der Waals surface area contributed by atoms with Crippen LogP contribution in [0.3, 0.4) is 0 Å². The van der Waals surface area contributed by atoms with Gasteiger partial charge in [0.25, 0.3) is 11.5 Å². The summed E-state index contributed by atoms with van der Waals surface area (Å²) in [5.41, 5.74) is 2.05. The van der Waals surface area contributed by atoms with Gasteiger partial charge in [-0.15, -0.1) is 0 Å². The first-order chi connectivity index (χ1) is 8.66. The molecule has 0 spiro atoms. The Balaban J connectivity index is 2.24. The highest BCUT2D eigenvalue weighted by atomic mass is 16.2. The molecule has 1 saturated heterocycles. The zero-order valence-electron chi connectivity index (χ0n) is 9.14. The molecule has 1 fully saturated rings. The topological polar surface area (TPSA) is 95.2 Å². The normalized spacial score (nSPS) is 15.2. The third-order valence-corrected chi connectivity index (χ3v) is 2.69. The van der Waals surface area contributed by atoms with Gasteiger partial charge in [-0.2, -0.15) is 10.1 Å². The lowest BCUT2D eigenvalue weighted by Crippen LogP contribution is -2.37. The van der Waals surface area contributed by atoms with E-state index in [1.54, 1.807) is 24.3 Å². The van der Waals surface area contributed by atoms with Gasteiger partial charge in [0.1, 0.15) is 6.42 Å². The number of amides is 2. The smallest absolute Gasteiger partial charge is 0.272 e. The summed E-state index contributed by atoms with van der Waals surface area (Å²) in [5, 5.41) is 8.11. The molecule has 90 valence electrons. The van der Waals surface area contributed by atoms with Crippen molar-refractivity contribution in [2.24, 2.45) is 0 Å². The zero-order valence-corrected chi connectivity index (χ0v) is 9.14. The van der Waals surface area contributed by atoms with Crippen molar-refractivity contribution in [2.75, 3.05) is 5.01 Å². The number of aromatic nitrogens is 2. The number of H-pyrrole nitrogens is 1. The monoisotopic (exact) mass is 244 g/mol. The van der Waals surface area contributed by atoms with Crippen molar-refractivity contribution in [1.82, 2.24) is 15.6 Å². The first-order valence-electron chi connectivity index (χ1n) is 5.26. The molecule has 1 aliphatic rings. The number of benzene rings is 1. The lowest BCUT2D eigenvalue weighted by atomic mass is 10.2. The molecule has 2 aromatic rings. The van der Waals surface area contributed by atoms with Gasteiger partial charge >= 0.3 is 0 Å². The van der Waals surface area contributed by atoms with E-state index >= 15 is 0 Å². The van der Waals surface area contributed by atoms with E-state index in [1.165, 1.54) is 0 Å². The maximum Gasteiger partial charge on any atom is 0.272 e. The Morgan fingerprint density at radius 2 is 1.83 bits per heavy atom. The van der Waals surface area contributed by atoms with Crippen LogP contribution in [0.2, 0.25) is 0 Å². The van der Waals surface area contributed by atoms with Gasteiger partial charge < -0.3 is 0 Å². The first-order valence-corrected chi connectivity index (χ1v) is 5.26. The van der Waals surface area contributed by atoms with Gasteiger partial charge in [-0.3, -0.25) is 19.8 Å². The van der Waals surface area contributed by atoms with Crippen molar-refractivity contribution < 1.29 is 9.59 Å². The van der Waals surface area contributed by atoms with Crippen molar-refractivity contribution in [1.29, 1.82) is 0 Å². The van der Waals surface area contributed by atoms with Crippen LogP contribution in [0.4, 0.5) is 5.82 Å². The summed E-state index contributed by atoms with van der Waals surface area (Å²) in [7, 11) is 0. The second kappa shape index (κ2) is 3.66. The van der Waals surface area contributed by atoms with Crippen LogP contribution in [0, 0.1) is 0 Å². The summed E-state index contributed by atoms with van der Waals surface area (Å²) in [6.07, 6.45) is -0.213. The molecule has 3 rings (SSSR count). The molecule has 0 aliphatic carbocycles. The van der Waals surface area contributed by atoms with Crippen LogP contribution < -0.4 is 16.0 Å². The van der Waals surface area contributed by atoms with Gasteiger partial charge in [-0.1, -0.05) is 18.2 Å². The number of rotatable bonds is 1. The SMILES string of the molecule is O=C1CC(=O)N(c2n[nH]c(=O)c3ccccc23)N1. The second-order valence-corrected chi connectivity index (χ2v) is 3.86. The maximum atomic E-state index is 11.6. The maximum absolute atomic E-state index is 11.6. The first kappa shape index (κ1) is 10.5. The summed E-state index contributed by atoms with van der Waals surface area (Å²) in [6, 6.07) is 6.74. The Morgan fingerprint density at radius 3 is 2.50 bits per heavy atom. The van der Waals surface area contributed by atoms with Crippen LogP contribution in [-0.2, 0) is 9.59 Å². The number of aromatic amines is 1. The van der Waals surface area contributed by atoms with Crippen molar-refractivity contribution in [3.8, 4) is 0 Å². The predicted octanol–water partition coefficient (Wildman–Crippen LogP) is -0.309. The van der Waals surface area contributed by atoms with Crippen LogP contribution in [0.15, 0.2) is 29.1 Å². The highest BCUT2D eigenvalue weighted by Gasteiger charge is 2.30. The summed E-state index contributed by atoms with van der Waals surface area (Å²) in [5.74, 6) is -0.567. The number of hydrazine groups is 1. The van der Waals surface area contributed by atoms with Crippen molar-refractivity contribution in [2.45, 2.75) is 6.42 Å². The number of nitrogens with one attached hydrogen (secondary N) is 2. The van der Waals surface area contributed by atoms with E-state index < -0.39 is 11.8 Å². The minimum atomic E-state index is -0.398. The summed E-state index contributed by atoms with van der Waals surface area (Å²) >= 11 is 0. The second-order valence-electron chi connectivity index (χ2n) is 3.86. The van der Waals surface area contributed by atoms with E-state index in [4.69, 9.17) is 0 Å². The number of fused-ring (bicyclic) bond motifs is 1. The van der Waals surface area contributed by atoms with E-state index in [-0.39, 0.29) is 17.8 Å². The van der Waals surface area contributed by atoms with Gasteiger partial charge in [0.05, 0.1) is 5.39 Å². The van der Waals surface area contributed by atoms with E-state index in [2.05, 4.69) is 15.6 Å². The fourth-order valence-corrected chi connectivity index (χ4v) is 1.88. The van der Waals surface area contributed by atoms with Crippen LogP contribution in [0.25, 0.3) is 10.8 Å². The lowest BCUT2D eigenvalue weighted by molar-refractivity contribution is -0.122. The number of nitrogens with zero attached hydrogens (tertiary/aromatic N) is 2. The molecule has 0 atom stereocenters. The molecule has 1 aliphatic heterocycles. The molecule has 0 unspecified atom stereocenters. The van der Waals surface area contributed by atoms with Crippen molar-refractivity contribution in [3.05, 3.63) is 34.6 Å². The summed E-state index contributed by atoms with van der Waals surface area (Å²) in [6.45, 7) is 0. The van der Waals surface area contributed by atoms with Gasteiger partial charge in [0, 0.05) is 5.39 Å². The third kappa shape index (κ3) is 1.45. The van der Waals surface area contributed by atoms with E-state index in [9.17, 15) is 14.4 Å². The molecule has 1 aromatic heterocycles. The van der Waals surface area contributed by atoms with E-state index in [1.807, 2.05) is 0 Å². The molecule has 7 nitrogen and oxygen atoms in total. The molecule has 2 N–H and O–H groups in total. The number of carbonyl (C=O) groups is 2. The largest absolute Gasteiger partial charge is 0.273 e. The van der Waals surface area contributed by atoms with Crippen LogP contribution in [0.1, 0.15) is 6.42 Å². The molecule has 2 heterocycles. The van der Waals surface area contributed by atoms with Crippen LogP contribution >= 0.6 is 0 Å². The third-order valence-electron chi connectivity index (χ3n) is 2.69. The van der Waals surface area contributed by atoms with Gasteiger partial charge in [-0.25, -0.2) is 5.10 Å². The highest BCUT2D eigenvalue weighted by Crippen LogP contribution is 2.22. The molecule has 1 aromatic carbocycles. The average Bonchev–Trinajstić information content (AvgIpc) is 2.69. The number of anilines is 1. The van der Waals surface area contributed by atoms with E-state index in [0.29, 0.717) is 10.8 Å². The minimum Gasteiger partial charge on any atom is -0.273 e. The standard InChI is InChI=1S/C11H8N4O3/c16-8-5-9(17)15(14-8)10-6-3-1-2-4-7(6)11(18)13-12-10/h1-4H,5H2,(H,13,18)(H,14,16). The quantitative estimate of drug-likeness (QED) is 0.673. The van der Waals surface area contributed by atoms with E-state index in [0.717, 1.165) is 5.01 Å². The predicted molar refractivity (Wildman–Crippen MR) is 62.6 cm³/mol. The van der Waals surface area contributed by atoms with Gasteiger partial charge in [0.2, 0.25) is 5.91 Å². The fraction of sp³-hybridized carbons (Fsp3) is 0.0909. The molecule has 2 amide bonds. The summed E-state index contributed by atoms with van der Waals surface area (Å²) in [4.78, 5) is 34.4. The molecule has 0 bridgehead atoms. The molecule has 0 radical (unpaired) electrons. The Labute approximate surface area is 100 Å². The van der Waals surface area contributed by atoms with Crippen molar-refractivity contribution in [3.63, 3.8) is 0 Å². The van der Waals surface area contributed by atoms with Crippen LogP contribution in [0.5, 0.6) is 0 Å². The fourth-order valence-electron chi connectivity index (χ4n) is 1.88. The zero-order chi connectivity index (χ0) is 12.7. The van der Waals surface area contributed by atoms with Gasteiger partial charge in [-0.05, 0) is 6.07 Å². The Morgan fingerprint density at radius 1 is 1.11 bits per heavy atom. The molecular weight excluding hydrogens is 236 g/mol. The highest BCUT2D eigenvalue weighted by molar-refractivity contribution is 6.14. The van der Waals surface area contributed by atoms with Gasteiger partial charge in [0.15, 0.2) is 5.82 Å². The number of hydrogen-bond donors (Lipinski definition) is 2.